The number of nitrogens with zero attached hydrogens (tertiary/aromatic N) is 1. The summed E-state index contributed by atoms with van der Waals surface area (Å²) in [6.45, 7) is 5.26. The number of nitrogens with one attached hydrogen (secondary N) is 6. The Morgan fingerprint density at radius 2 is 1.25 bits per heavy atom. The third kappa shape index (κ3) is 16.3. The molecule has 0 aromatic heterocycles. The Balaban J connectivity index is 1.98. The van der Waals surface area contributed by atoms with Crippen LogP contribution >= 0.6 is 0 Å². The SMILES string of the molecule is CCCC(NC(=O)[C@@H]1CC[C@H](c2ccccc2)N1C(=O)[C@@H](NC(=O)[C@@H](NC(=O)[C@H](CCC(=O)O)NC(=O)[C@H](CCC(=O)O)NC(C)=O)C(C)C)C1CCCCC1)C(=O)C(=O)NCC(=O)O. The number of hydrogen-bond acceptors (Lipinski definition) is 11. The monoisotopic (exact) mass is 913 g/mol. The van der Waals surface area contributed by atoms with Crippen LogP contribution in [0.25, 0.3) is 0 Å². The Morgan fingerprint density at radius 1 is 0.662 bits per heavy atom. The normalized spacial score (nSPS) is 18.4. The molecular weight excluding hydrogens is 851 g/mol. The number of rotatable bonds is 25. The smallest absolute Gasteiger partial charge is 0.322 e. The number of likely N-dealkylation sites (tertiary alicyclic amines) is 1. The van der Waals surface area contributed by atoms with E-state index in [0.717, 1.165) is 26.2 Å². The predicted octanol–water partition coefficient (Wildman–Crippen LogP) is 0.699. The van der Waals surface area contributed by atoms with Crippen molar-refractivity contribution in [2.75, 3.05) is 6.54 Å². The Kier molecular flexibility index (Phi) is 21.0. The number of amides is 7. The summed E-state index contributed by atoms with van der Waals surface area (Å²) in [6.07, 6.45) is 2.42. The van der Waals surface area contributed by atoms with Crippen molar-refractivity contribution in [3.05, 3.63) is 35.9 Å². The van der Waals surface area contributed by atoms with E-state index in [-0.39, 0.29) is 19.3 Å². The van der Waals surface area contributed by atoms with Gasteiger partial charge in [-0.15, -0.1) is 0 Å². The molecule has 358 valence electrons. The molecule has 1 aliphatic heterocycles. The molecule has 1 saturated carbocycles. The van der Waals surface area contributed by atoms with Crippen LogP contribution in [0, 0.1) is 11.8 Å². The first kappa shape index (κ1) is 52.9. The lowest BCUT2D eigenvalue weighted by molar-refractivity contribution is -0.146. The Morgan fingerprint density at radius 3 is 1.78 bits per heavy atom. The molecule has 0 spiro atoms. The van der Waals surface area contributed by atoms with Gasteiger partial charge in [-0.1, -0.05) is 76.8 Å². The molecule has 1 aromatic rings. The van der Waals surface area contributed by atoms with E-state index in [1.165, 1.54) is 4.90 Å². The molecular formula is C44H63N7O14. The summed E-state index contributed by atoms with van der Waals surface area (Å²) in [4.78, 5) is 144. The lowest BCUT2D eigenvalue weighted by Gasteiger charge is -2.38. The number of Topliss-reactive ketones (excluding diaryl/α,β-unsaturated/α-hetero) is 1. The quantitative estimate of drug-likeness (QED) is 0.0611. The first-order valence-electron chi connectivity index (χ1n) is 22.1. The number of carbonyl (C=O) groups is 11. The van der Waals surface area contributed by atoms with Crippen LogP contribution in [-0.2, 0) is 52.7 Å². The van der Waals surface area contributed by atoms with E-state index in [4.69, 9.17) is 10.2 Å². The maximum absolute atomic E-state index is 15.2. The summed E-state index contributed by atoms with van der Waals surface area (Å²) in [7, 11) is 0. The van der Waals surface area contributed by atoms with Gasteiger partial charge >= 0.3 is 17.9 Å². The van der Waals surface area contributed by atoms with Gasteiger partial charge in [0.15, 0.2) is 0 Å². The summed E-state index contributed by atoms with van der Waals surface area (Å²) in [5.41, 5.74) is 0.699. The van der Waals surface area contributed by atoms with Crippen LogP contribution in [0.4, 0.5) is 0 Å². The van der Waals surface area contributed by atoms with Crippen LogP contribution in [0.5, 0.6) is 0 Å². The van der Waals surface area contributed by atoms with Crippen molar-refractivity contribution in [1.29, 1.82) is 0 Å². The second-order valence-corrected chi connectivity index (χ2v) is 16.8. The third-order valence-corrected chi connectivity index (χ3v) is 11.5. The number of carboxylic acid groups (broad SMARTS) is 3. The van der Waals surface area contributed by atoms with Gasteiger partial charge in [0.25, 0.3) is 5.91 Å². The van der Waals surface area contributed by atoms with Crippen LogP contribution in [0.1, 0.15) is 123 Å². The number of carbonyl (C=O) groups excluding carboxylic acids is 8. The minimum Gasteiger partial charge on any atom is -0.481 e. The van der Waals surface area contributed by atoms with Crippen LogP contribution < -0.4 is 31.9 Å². The fraction of sp³-hybridized carbons (Fsp3) is 0.614. The highest BCUT2D eigenvalue weighted by Crippen LogP contribution is 2.39. The molecule has 0 bridgehead atoms. The fourth-order valence-electron chi connectivity index (χ4n) is 8.24. The molecule has 2 aliphatic rings. The molecule has 21 nitrogen and oxygen atoms in total. The summed E-state index contributed by atoms with van der Waals surface area (Å²) in [5.74, 6) is -11.9. The van der Waals surface area contributed by atoms with E-state index in [9.17, 15) is 53.1 Å². The van der Waals surface area contributed by atoms with Crippen LogP contribution in [0.2, 0.25) is 0 Å². The van der Waals surface area contributed by atoms with Crippen molar-refractivity contribution >= 4 is 65.0 Å². The molecule has 1 aromatic carbocycles. The van der Waals surface area contributed by atoms with Crippen molar-refractivity contribution in [2.24, 2.45) is 11.8 Å². The van der Waals surface area contributed by atoms with Gasteiger partial charge in [-0.25, -0.2) is 0 Å². The summed E-state index contributed by atoms with van der Waals surface area (Å²) in [5, 5.41) is 42.4. The maximum Gasteiger partial charge on any atom is 0.322 e. The number of aliphatic carboxylic acids is 3. The second-order valence-electron chi connectivity index (χ2n) is 16.8. The first-order chi connectivity index (χ1) is 30.7. The average molecular weight is 914 g/mol. The zero-order valence-corrected chi connectivity index (χ0v) is 37.3. The zero-order chi connectivity index (χ0) is 48.4. The molecule has 65 heavy (non-hydrogen) atoms. The molecule has 0 radical (unpaired) electrons. The maximum atomic E-state index is 15.2. The van der Waals surface area contributed by atoms with Gasteiger partial charge in [0.1, 0.15) is 36.8 Å². The highest BCUT2D eigenvalue weighted by atomic mass is 16.4. The molecule has 1 unspecified atom stereocenters. The van der Waals surface area contributed by atoms with Crippen molar-refractivity contribution in [3.63, 3.8) is 0 Å². The van der Waals surface area contributed by atoms with E-state index < -0.39 is 145 Å². The first-order valence-corrected chi connectivity index (χ1v) is 22.1. The van der Waals surface area contributed by atoms with E-state index in [1.807, 2.05) is 5.32 Å². The van der Waals surface area contributed by atoms with Gasteiger partial charge in [0.2, 0.25) is 41.2 Å². The molecule has 7 atom stereocenters. The molecule has 1 saturated heterocycles. The van der Waals surface area contributed by atoms with Crippen molar-refractivity contribution in [1.82, 2.24) is 36.8 Å². The zero-order valence-electron chi connectivity index (χ0n) is 37.3. The average Bonchev–Trinajstić information content (AvgIpc) is 3.71. The lowest BCUT2D eigenvalue weighted by atomic mass is 9.82. The minimum absolute atomic E-state index is 0.0400. The summed E-state index contributed by atoms with van der Waals surface area (Å²) >= 11 is 0. The molecule has 7 amide bonds. The topological polar surface area (TPSA) is 324 Å². The van der Waals surface area contributed by atoms with E-state index >= 15 is 4.79 Å². The number of ketones is 1. The summed E-state index contributed by atoms with van der Waals surface area (Å²) < 4.78 is 0. The number of carboxylic acids is 3. The standard InChI is InChI=1S/C44H63N7O14/c1-5-12-28(38(59)43(64)45-23-35(57)58)47-41(62)32-20-19-31(26-13-8-6-9-14-26)51(32)44(65)37(27-15-10-7-11-16-27)50-42(63)36(24(2)3)49-40(61)30(18-22-34(55)56)48-39(60)29(46-25(4)52)17-21-33(53)54/h6,8-9,13-14,24,27-32,36-37H,5,7,10-12,15-23H2,1-4H3,(H,45,64)(H,46,52)(H,47,62)(H,48,60)(H,49,61)(H,50,63)(H,53,54)(H,55,56)(H,57,58)/t28?,29-,30-,31+,32-,36-,37-/m0/s1. The Labute approximate surface area is 377 Å². The van der Waals surface area contributed by atoms with Gasteiger partial charge in [0, 0.05) is 19.8 Å². The van der Waals surface area contributed by atoms with Crippen molar-refractivity contribution in [3.8, 4) is 0 Å². The Hall–Kier alpha value is -6.41. The highest BCUT2D eigenvalue weighted by Gasteiger charge is 2.47. The largest absolute Gasteiger partial charge is 0.481 e. The van der Waals surface area contributed by atoms with Crippen molar-refractivity contribution < 1.29 is 68.1 Å². The van der Waals surface area contributed by atoms with Crippen LogP contribution in [0.3, 0.4) is 0 Å². The van der Waals surface area contributed by atoms with E-state index in [1.54, 1.807) is 51.1 Å². The van der Waals surface area contributed by atoms with Gasteiger partial charge in [-0.3, -0.25) is 52.7 Å². The van der Waals surface area contributed by atoms with Gasteiger partial charge in [-0.05, 0) is 62.3 Å². The van der Waals surface area contributed by atoms with Gasteiger partial charge < -0.3 is 52.1 Å². The molecule has 1 aliphatic carbocycles. The summed E-state index contributed by atoms with van der Waals surface area (Å²) in [6, 6.07) is 0.278. The number of hydrogen-bond donors (Lipinski definition) is 9. The van der Waals surface area contributed by atoms with E-state index in [0.29, 0.717) is 31.2 Å². The highest BCUT2D eigenvalue weighted by molar-refractivity contribution is 6.38. The van der Waals surface area contributed by atoms with Crippen LogP contribution in [0.15, 0.2) is 30.3 Å². The third-order valence-electron chi connectivity index (χ3n) is 11.5. The van der Waals surface area contributed by atoms with Crippen LogP contribution in [-0.4, -0.2) is 128 Å². The Bertz CT molecular complexity index is 1900. The minimum atomic E-state index is -1.55. The molecule has 9 N–H and O–H groups in total. The predicted molar refractivity (Wildman–Crippen MR) is 230 cm³/mol. The second kappa shape index (κ2) is 25.8. The molecule has 1 heterocycles. The number of benzene rings is 1. The lowest BCUT2D eigenvalue weighted by Crippen LogP contribution is -2.62. The molecule has 3 rings (SSSR count). The van der Waals surface area contributed by atoms with Gasteiger partial charge in [-0.2, -0.15) is 0 Å². The molecule has 2 fully saturated rings. The van der Waals surface area contributed by atoms with Crippen molar-refractivity contribution in [2.45, 2.75) is 153 Å². The fourth-order valence-corrected chi connectivity index (χ4v) is 8.24. The van der Waals surface area contributed by atoms with E-state index in [2.05, 4.69) is 26.6 Å². The van der Waals surface area contributed by atoms with Gasteiger partial charge in [0.05, 0.1) is 12.1 Å². The molecule has 21 heteroatoms.